The number of hydrogen-bond acceptors (Lipinski definition) is 7. The number of aromatic nitrogens is 3. The first-order valence-electron chi connectivity index (χ1n) is 9.78. The van der Waals surface area contributed by atoms with E-state index in [0.29, 0.717) is 19.0 Å². The molecule has 7 nitrogen and oxygen atoms in total. The molecule has 156 valence electrons. The molecule has 0 aliphatic carbocycles. The fraction of sp³-hybridized carbons (Fsp3) is 0.333. The first-order chi connectivity index (χ1) is 14.4. The molecule has 1 N–H and O–H groups in total. The van der Waals surface area contributed by atoms with Crippen LogP contribution in [-0.2, 0) is 20.3 Å². The van der Waals surface area contributed by atoms with Crippen LogP contribution in [-0.4, -0.2) is 55.4 Å². The smallest absolute Gasteiger partial charge is 0.163 e. The molecule has 1 aromatic carbocycles. The normalized spacial score (nSPS) is 17.8. The molecule has 0 radical (unpaired) electrons. The number of rotatable bonds is 4. The summed E-state index contributed by atoms with van der Waals surface area (Å²) >= 11 is 1.42. The molecular weight excluding hydrogens is 420 g/mol. The van der Waals surface area contributed by atoms with Crippen LogP contribution in [0.4, 0.5) is 5.82 Å². The minimum absolute atomic E-state index is 0.00879. The van der Waals surface area contributed by atoms with Crippen molar-refractivity contribution in [2.45, 2.75) is 18.7 Å². The molecule has 1 saturated heterocycles. The fourth-order valence-corrected chi connectivity index (χ4v) is 6.24. The largest absolute Gasteiger partial charge is 0.377 e. The Morgan fingerprint density at radius 3 is 2.93 bits per heavy atom. The van der Waals surface area contributed by atoms with Gasteiger partial charge in [-0.25, -0.2) is 18.4 Å². The summed E-state index contributed by atoms with van der Waals surface area (Å²) in [7, 11) is -3.13. The lowest BCUT2D eigenvalue weighted by molar-refractivity contribution is 0.0987. The maximum atomic E-state index is 11.9. The Hall–Kier alpha value is -2.49. The summed E-state index contributed by atoms with van der Waals surface area (Å²) in [4.78, 5) is 16.9. The molecule has 4 heterocycles. The summed E-state index contributed by atoms with van der Waals surface area (Å²) in [5.41, 5.74) is 1.98. The summed E-state index contributed by atoms with van der Waals surface area (Å²) in [6.07, 6.45) is 3.17. The molecule has 0 spiro atoms. The number of nitrogens with one attached hydrogen (secondary N) is 1. The van der Waals surface area contributed by atoms with Gasteiger partial charge in [-0.15, -0.1) is 11.3 Å². The average Bonchev–Trinajstić information content (AvgIpc) is 3.32. The van der Waals surface area contributed by atoms with Crippen LogP contribution in [0.1, 0.15) is 11.8 Å². The average molecular weight is 443 g/mol. The van der Waals surface area contributed by atoms with Crippen LogP contribution in [0.5, 0.6) is 0 Å². The number of anilines is 1. The van der Waals surface area contributed by atoms with Crippen LogP contribution in [0.25, 0.3) is 32.5 Å². The minimum Gasteiger partial charge on any atom is -0.377 e. The van der Waals surface area contributed by atoms with Crippen molar-refractivity contribution in [3.63, 3.8) is 0 Å². The highest BCUT2D eigenvalue weighted by Gasteiger charge is 2.25. The van der Waals surface area contributed by atoms with Gasteiger partial charge in [-0.2, -0.15) is 0 Å². The van der Waals surface area contributed by atoms with Gasteiger partial charge in [0.15, 0.2) is 15.7 Å². The third kappa shape index (κ3) is 3.57. The number of H-pyrrole nitrogens is 1. The van der Waals surface area contributed by atoms with E-state index in [-0.39, 0.29) is 11.8 Å². The summed E-state index contributed by atoms with van der Waals surface area (Å²) in [6, 6.07) is 10.2. The molecule has 1 atom stereocenters. The molecule has 1 aliphatic rings. The zero-order valence-electron chi connectivity index (χ0n) is 16.8. The standard InChI is InChI=1S/C21H22N4O3S2/c1-13-11-28-9-8-25(13)20-17-10-14(12-30(2,26)27)29-21(17)24-19(23-20)16-4-3-5-18-15(16)6-7-22-18/h3-7,10,13,22H,8-9,11-12H2,1-2H3/t13-/m1/s1. The van der Waals surface area contributed by atoms with E-state index in [1.165, 1.54) is 17.6 Å². The van der Waals surface area contributed by atoms with Crippen molar-refractivity contribution in [2.24, 2.45) is 0 Å². The van der Waals surface area contributed by atoms with Crippen molar-refractivity contribution in [2.75, 3.05) is 30.9 Å². The molecule has 30 heavy (non-hydrogen) atoms. The van der Waals surface area contributed by atoms with Gasteiger partial charge in [-0.3, -0.25) is 0 Å². The Labute approximate surface area is 178 Å². The molecule has 4 aromatic rings. The van der Waals surface area contributed by atoms with Gasteiger partial charge < -0.3 is 14.6 Å². The van der Waals surface area contributed by atoms with E-state index in [0.717, 1.165) is 43.9 Å². The highest BCUT2D eigenvalue weighted by molar-refractivity contribution is 7.90. The monoisotopic (exact) mass is 442 g/mol. The third-order valence-electron chi connectivity index (χ3n) is 5.30. The lowest BCUT2D eigenvalue weighted by Gasteiger charge is -2.34. The lowest BCUT2D eigenvalue weighted by atomic mass is 10.1. The van der Waals surface area contributed by atoms with E-state index in [1.807, 2.05) is 36.5 Å². The molecule has 1 fully saturated rings. The van der Waals surface area contributed by atoms with Crippen molar-refractivity contribution >= 4 is 48.1 Å². The zero-order valence-corrected chi connectivity index (χ0v) is 18.4. The minimum atomic E-state index is -3.13. The summed E-state index contributed by atoms with van der Waals surface area (Å²) in [5.74, 6) is 1.50. The van der Waals surface area contributed by atoms with E-state index < -0.39 is 9.84 Å². The highest BCUT2D eigenvalue weighted by Crippen LogP contribution is 2.36. The van der Waals surface area contributed by atoms with Crippen molar-refractivity contribution in [3.8, 4) is 11.4 Å². The Morgan fingerprint density at radius 2 is 2.13 bits per heavy atom. The Balaban J connectivity index is 1.73. The number of nitrogens with zero attached hydrogens (tertiary/aromatic N) is 3. The van der Waals surface area contributed by atoms with Crippen LogP contribution in [0.15, 0.2) is 36.5 Å². The fourth-order valence-electron chi connectivity index (χ4n) is 3.95. The summed E-state index contributed by atoms with van der Waals surface area (Å²) in [6.45, 7) is 4.12. The molecular formula is C21H22N4O3S2. The topological polar surface area (TPSA) is 88.2 Å². The number of thiophene rings is 1. The van der Waals surface area contributed by atoms with Gasteiger partial charge in [0, 0.05) is 40.3 Å². The molecule has 0 saturated carbocycles. The van der Waals surface area contributed by atoms with E-state index in [2.05, 4.69) is 16.8 Å². The first-order valence-corrected chi connectivity index (χ1v) is 12.7. The van der Waals surface area contributed by atoms with Crippen LogP contribution in [0, 0.1) is 0 Å². The van der Waals surface area contributed by atoms with Gasteiger partial charge in [0.1, 0.15) is 10.6 Å². The number of hydrogen-bond donors (Lipinski definition) is 1. The van der Waals surface area contributed by atoms with Crippen LogP contribution >= 0.6 is 11.3 Å². The number of morpholine rings is 1. The van der Waals surface area contributed by atoms with Gasteiger partial charge in [-0.1, -0.05) is 12.1 Å². The quantitative estimate of drug-likeness (QED) is 0.519. The molecule has 0 unspecified atom stereocenters. The second kappa shape index (κ2) is 7.33. The summed E-state index contributed by atoms with van der Waals surface area (Å²) in [5, 5.41) is 1.96. The Kier molecular flexibility index (Phi) is 4.76. The van der Waals surface area contributed by atoms with Crippen LogP contribution < -0.4 is 4.90 Å². The predicted molar refractivity (Wildman–Crippen MR) is 121 cm³/mol. The molecule has 0 bridgehead atoms. The highest BCUT2D eigenvalue weighted by atomic mass is 32.2. The molecule has 3 aromatic heterocycles. The van der Waals surface area contributed by atoms with Crippen molar-refractivity contribution in [1.29, 1.82) is 0 Å². The van der Waals surface area contributed by atoms with Gasteiger partial charge in [0.05, 0.1) is 30.4 Å². The molecule has 1 aliphatic heterocycles. The second-order valence-electron chi connectivity index (χ2n) is 7.73. The third-order valence-corrected chi connectivity index (χ3v) is 7.35. The number of benzene rings is 1. The SMILES string of the molecule is C[C@@H]1COCCN1c1nc(-c2cccc3[nH]ccc23)nc2sc(CS(C)(=O)=O)cc12. The summed E-state index contributed by atoms with van der Waals surface area (Å²) < 4.78 is 29.3. The van der Waals surface area contributed by atoms with Gasteiger partial charge in [0.2, 0.25) is 0 Å². The van der Waals surface area contributed by atoms with E-state index >= 15 is 0 Å². The number of fused-ring (bicyclic) bond motifs is 2. The van der Waals surface area contributed by atoms with Crippen molar-refractivity contribution in [1.82, 2.24) is 15.0 Å². The maximum Gasteiger partial charge on any atom is 0.163 e. The predicted octanol–water partition coefficient (Wildman–Crippen LogP) is 3.61. The van der Waals surface area contributed by atoms with E-state index in [4.69, 9.17) is 14.7 Å². The molecule has 5 rings (SSSR count). The second-order valence-corrected chi connectivity index (χ2v) is 11.0. The zero-order chi connectivity index (χ0) is 20.9. The Bertz CT molecular complexity index is 1340. The Morgan fingerprint density at radius 1 is 1.27 bits per heavy atom. The van der Waals surface area contributed by atoms with Gasteiger partial charge >= 0.3 is 0 Å². The number of aromatic amines is 1. The van der Waals surface area contributed by atoms with E-state index in [9.17, 15) is 8.42 Å². The number of ether oxygens (including phenoxy) is 1. The maximum absolute atomic E-state index is 11.9. The van der Waals surface area contributed by atoms with E-state index in [1.54, 1.807) is 0 Å². The van der Waals surface area contributed by atoms with Crippen molar-refractivity contribution in [3.05, 3.63) is 41.4 Å². The molecule has 0 amide bonds. The van der Waals surface area contributed by atoms with Crippen molar-refractivity contribution < 1.29 is 13.2 Å². The van der Waals surface area contributed by atoms with Crippen LogP contribution in [0.3, 0.4) is 0 Å². The van der Waals surface area contributed by atoms with Gasteiger partial charge in [0.25, 0.3) is 0 Å². The van der Waals surface area contributed by atoms with Crippen LogP contribution in [0.2, 0.25) is 0 Å². The van der Waals surface area contributed by atoms with Gasteiger partial charge in [-0.05, 0) is 25.1 Å². The first kappa shape index (κ1) is 19.5. The molecule has 9 heteroatoms. The number of sulfone groups is 1. The lowest BCUT2D eigenvalue weighted by Crippen LogP contribution is -2.44.